The third-order valence-corrected chi connectivity index (χ3v) is 4.50. The maximum Gasteiger partial charge on any atom is 0.308 e. The highest BCUT2D eigenvalue weighted by Gasteiger charge is 2.35. The van der Waals surface area contributed by atoms with Crippen molar-refractivity contribution in [3.05, 3.63) is 23.8 Å². The number of ether oxygens (including phenoxy) is 1. The van der Waals surface area contributed by atoms with Gasteiger partial charge in [-0.3, -0.25) is 14.4 Å². The van der Waals surface area contributed by atoms with Crippen LogP contribution in [0.3, 0.4) is 0 Å². The van der Waals surface area contributed by atoms with E-state index in [9.17, 15) is 14.4 Å². The smallest absolute Gasteiger partial charge is 0.308 e. The topological polar surface area (TPSA) is 75.7 Å². The molecule has 6 heteroatoms. The Kier molecular flexibility index (Phi) is 5.06. The van der Waals surface area contributed by atoms with Gasteiger partial charge in [0.2, 0.25) is 5.91 Å². The number of nitrogens with one attached hydrogen (secondary N) is 1. The second-order valence-electron chi connectivity index (χ2n) is 7.02. The lowest BCUT2D eigenvalue weighted by Gasteiger charge is -2.30. The predicted molar refractivity (Wildman–Crippen MR) is 94.3 cm³/mol. The summed E-state index contributed by atoms with van der Waals surface area (Å²) in [4.78, 5) is 37.7. The van der Waals surface area contributed by atoms with Crippen LogP contribution in [0.2, 0.25) is 0 Å². The number of aryl methyl sites for hydroxylation is 1. The molecule has 1 aliphatic heterocycles. The average molecular weight is 344 g/mol. The second kappa shape index (κ2) is 7.25. The summed E-state index contributed by atoms with van der Waals surface area (Å²) >= 11 is 0. The number of fused-ring (bicyclic) bond motifs is 1. The summed E-state index contributed by atoms with van der Waals surface area (Å²) in [5.74, 6) is -0.694. The van der Waals surface area contributed by atoms with Crippen LogP contribution in [0, 0.1) is 11.8 Å². The molecule has 3 rings (SSSR count). The van der Waals surface area contributed by atoms with Crippen molar-refractivity contribution in [1.29, 1.82) is 0 Å². The standard InChI is InChI=1S/C19H24N2O4/c1-12(2)19(24)25-11-17(22)20-15-8-7-13-4-3-9-21(16(13)10-15)18(23)14-5-6-14/h7-8,10,12,14H,3-6,9,11H2,1-2H3,(H,20,22). The first-order valence-corrected chi connectivity index (χ1v) is 8.86. The van der Waals surface area contributed by atoms with Crippen LogP contribution in [0.25, 0.3) is 0 Å². The van der Waals surface area contributed by atoms with Gasteiger partial charge in [0.25, 0.3) is 5.91 Å². The third-order valence-electron chi connectivity index (χ3n) is 4.50. The van der Waals surface area contributed by atoms with Gasteiger partial charge in [-0.1, -0.05) is 19.9 Å². The molecule has 134 valence electrons. The van der Waals surface area contributed by atoms with Crippen molar-refractivity contribution in [1.82, 2.24) is 0 Å². The van der Waals surface area contributed by atoms with Gasteiger partial charge in [-0.2, -0.15) is 0 Å². The molecule has 2 aliphatic rings. The molecule has 0 unspecified atom stereocenters. The highest BCUT2D eigenvalue weighted by molar-refractivity contribution is 5.99. The van der Waals surface area contributed by atoms with Crippen LogP contribution in [-0.2, 0) is 25.5 Å². The fraction of sp³-hybridized carbons (Fsp3) is 0.526. The molecule has 1 aromatic rings. The SMILES string of the molecule is CC(C)C(=O)OCC(=O)Nc1ccc2c(c1)N(C(=O)C1CC1)CCC2. The number of rotatable bonds is 5. The number of nitrogens with zero attached hydrogens (tertiary/aromatic N) is 1. The number of anilines is 2. The number of amides is 2. The monoisotopic (exact) mass is 344 g/mol. The van der Waals surface area contributed by atoms with Crippen LogP contribution >= 0.6 is 0 Å². The second-order valence-corrected chi connectivity index (χ2v) is 7.02. The highest BCUT2D eigenvalue weighted by atomic mass is 16.5. The van der Waals surface area contributed by atoms with E-state index in [0.717, 1.165) is 43.5 Å². The van der Waals surface area contributed by atoms with Gasteiger partial charge in [0, 0.05) is 23.8 Å². The lowest BCUT2D eigenvalue weighted by atomic mass is 10.0. The molecule has 25 heavy (non-hydrogen) atoms. The Morgan fingerprint density at radius 1 is 1.28 bits per heavy atom. The van der Waals surface area contributed by atoms with Gasteiger partial charge < -0.3 is 15.0 Å². The zero-order chi connectivity index (χ0) is 18.0. The molecule has 0 aromatic heterocycles. The molecule has 6 nitrogen and oxygen atoms in total. The fourth-order valence-electron chi connectivity index (χ4n) is 2.93. The summed E-state index contributed by atoms with van der Waals surface area (Å²) in [6.45, 7) is 3.86. The summed E-state index contributed by atoms with van der Waals surface area (Å²) in [7, 11) is 0. The van der Waals surface area contributed by atoms with Crippen molar-refractivity contribution in [3.8, 4) is 0 Å². The quantitative estimate of drug-likeness (QED) is 0.833. The van der Waals surface area contributed by atoms with E-state index < -0.39 is 5.97 Å². The van der Waals surface area contributed by atoms with E-state index in [1.165, 1.54) is 0 Å². The summed E-state index contributed by atoms with van der Waals surface area (Å²) in [5.41, 5.74) is 2.63. The minimum absolute atomic E-state index is 0.166. The van der Waals surface area contributed by atoms with Crippen LogP contribution < -0.4 is 10.2 Å². The van der Waals surface area contributed by atoms with E-state index >= 15 is 0 Å². The van der Waals surface area contributed by atoms with Crippen molar-refractivity contribution < 1.29 is 19.1 Å². The Bertz CT molecular complexity index is 695. The van der Waals surface area contributed by atoms with E-state index in [2.05, 4.69) is 5.32 Å². The maximum atomic E-state index is 12.5. The minimum Gasteiger partial charge on any atom is -0.455 e. The lowest BCUT2D eigenvalue weighted by molar-refractivity contribution is -0.150. The molecular formula is C19H24N2O4. The summed E-state index contributed by atoms with van der Waals surface area (Å²) < 4.78 is 4.93. The summed E-state index contributed by atoms with van der Waals surface area (Å²) in [5, 5.41) is 2.74. The molecule has 1 aromatic carbocycles. The van der Waals surface area contributed by atoms with Crippen LogP contribution in [0.15, 0.2) is 18.2 Å². The van der Waals surface area contributed by atoms with Crippen LogP contribution in [0.4, 0.5) is 11.4 Å². The van der Waals surface area contributed by atoms with Crippen molar-refractivity contribution >= 4 is 29.2 Å². The van der Waals surface area contributed by atoms with E-state index in [1.807, 2.05) is 23.1 Å². The van der Waals surface area contributed by atoms with Crippen LogP contribution in [0.5, 0.6) is 0 Å². The molecule has 0 bridgehead atoms. The maximum absolute atomic E-state index is 12.5. The summed E-state index contributed by atoms with van der Waals surface area (Å²) in [6.07, 6.45) is 3.84. The van der Waals surface area contributed by atoms with Gasteiger partial charge >= 0.3 is 5.97 Å². The normalized spacial score (nSPS) is 16.4. The van der Waals surface area contributed by atoms with Gasteiger partial charge in [0.05, 0.1) is 5.92 Å². The Hall–Kier alpha value is -2.37. The number of carbonyl (C=O) groups excluding carboxylic acids is 3. The highest BCUT2D eigenvalue weighted by Crippen LogP contribution is 2.36. The number of benzene rings is 1. The van der Waals surface area contributed by atoms with Gasteiger partial charge in [0.1, 0.15) is 0 Å². The molecule has 0 spiro atoms. The first-order chi connectivity index (χ1) is 12.0. The third kappa shape index (κ3) is 4.18. The Balaban J connectivity index is 1.67. The minimum atomic E-state index is -0.401. The number of carbonyl (C=O) groups is 3. The van der Waals surface area contributed by atoms with E-state index in [1.54, 1.807) is 13.8 Å². The van der Waals surface area contributed by atoms with Gasteiger partial charge in [-0.25, -0.2) is 0 Å². The Morgan fingerprint density at radius 3 is 2.72 bits per heavy atom. The van der Waals surface area contributed by atoms with Gasteiger partial charge in [0.15, 0.2) is 6.61 Å². The first-order valence-electron chi connectivity index (χ1n) is 8.86. The zero-order valence-corrected chi connectivity index (χ0v) is 14.7. The van der Waals surface area contributed by atoms with Crippen molar-refractivity contribution in [2.24, 2.45) is 11.8 Å². The molecule has 0 atom stereocenters. The van der Waals surface area contributed by atoms with Crippen LogP contribution in [-0.4, -0.2) is 30.9 Å². The van der Waals surface area contributed by atoms with Crippen molar-refractivity contribution in [2.75, 3.05) is 23.4 Å². The molecule has 1 N–H and O–H groups in total. The largest absolute Gasteiger partial charge is 0.455 e. The van der Waals surface area contributed by atoms with Gasteiger partial charge in [-0.15, -0.1) is 0 Å². The summed E-state index contributed by atoms with van der Waals surface area (Å²) in [6, 6.07) is 5.63. The molecule has 2 amide bonds. The number of hydrogen-bond acceptors (Lipinski definition) is 4. The van der Waals surface area contributed by atoms with Crippen molar-refractivity contribution in [3.63, 3.8) is 0 Å². The fourth-order valence-corrected chi connectivity index (χ4v) is 2.93. The molecule has 0 radical (unpaired) electrons. The van der Waals surface area contributed by atoms with E-state index in [4.69, 9.17) is 4.74 Å². The predicted octanol–water partition coefficient (Wildman–Crippen LogP) is 2.51. The molecular weight excluding hydrogens is 320 g/mol. The molecule has 0 saturated heterocycles. The molecule has 1 aliphatic carbocycles. The molecule has 1 saturated carbocycles. The molecule has 1 heterocycles. The molecule has 1 fully saturated rings. The number of esters is 1. The average Bonchev–Trinajstić information content (AvgIpc) is 3.43. The van der Waals surface area contributed by atoms with Gasteiger partial charge in [-0.05, 0) is 43.4 Å². The lowest BCUT2D eigenvalue weighted by Crippen LogP contribution is -2.36. The Morgan fingerprint density at radius 2 is 2.04 bits per heavy atom. The number of hydrogen-bond donors (Lipinski definition) is 1. The van der Waals surface area contributed by atoms with Crippen molar-refractivity contribution in [2.45, 2.75) is 39.5 Å². The van der Waals surface area contributed by atoms with E-state index in [0.29, 0.717) is 5.69 Å². The Labute approximate surface area is 147 Å². The zero-order valence-electron chi connectivity index (χ0n) is 14.7. The van der Waals surface area contributed by atoms with E-state index in [-0.39, 0.29) is 30.3 Å². The van der Waals surface area contributed by atoms with Crippen LogP contribution in [0.1, 0.15) is 38.7 Å². The first kappa shape index (κ1) is 17.5.